The Morgan fingerprint density at radius 3 is 2.70 bits per heavy atom. The summed E-state index contributed by atoms with van der Waals surface area (Å²) in [4.78, 5) is 11.7. The number of benzene rings is 2. The van der Waals surface area contributed by atoms with E-state index in [0.717, 1.165) is 0 Å². The number of nitrogens with two attached hydrogens (primary N) is 1. The number of ether oxygens (including phenoxy) is 2. The fraction of sp³-hybridized carbons (Fsp3) is 0.133. The largest absolute Gasteiger partial charge is 0.488 e. The number of nitrogen functional groups attached to an aromatic ring is 1. The van der Waals surface area contributed by atoms with Gasteiger partial charge in [0.05, 0.1) is 7.11 Å². The van der Waals surface area contributed by atoms with E-state index in [1.807, 2.05) is 0 Å². The Bertz CT molecular complexity index is 628. The van der Waals surface area contributed by atoms with E-state index in [2.05, 4.69) is 4.74 Å². The maximum atomic E-state index is 13.1. The molecular weight excluding hydrogens is 261 g/mol. The lowest BCUT2D eigenvalue weighted by Crippen LogP contribution is -2.09. The van der Waals surface area contributed by atoms with Crippen LogP contribution in [0, 0.1) is 5.82 Å². The highest BCUT2D eigenvalue weighted by Crippen LogP contribution is 2.26. The van der Waals surface area contributed by atoms with Crippen molar-refractivity contribution in [2.45, 2.75) is 6.61 Å². The molecule has 0 aliphatic rings. The van der Waals surface area contributed by atoms with Crippen LogP contribution in [0.15, 0.2) is 42.5 Å². The molecule has 2 aromatic rings. The van der Waals surface area contributed by atoms with Crippen molar-refractivity contribution in [3.8, 4) is 5.75 Å². The summed E-state index contributed by atoms with van der Waals surface area (Å²) in [5.41, 5.74) is 6.85. The van der Waals surface area contributed by atoms with Crippen LogP contribution in [0.3, 0.4) is 0 Å². The van der Waals surface area contributed by atoms with Gasteiger partial charge in [-0.2, -0.15) is 0 Å². The smallest absolute Gasteiger partial charge is 0.343 e. The van der Waals surface area contributed by atoms with Crippen molar-refractivity contribution in [2.24, 2.45) is 0 Å². The van der Waals surface area contributed by atoms with Crippen molar-refractivity contribution in [1.82, 2.24) is 0 Å². The maximum absolute atomic E-state index is 13.1. The summed E-state index contributed by atoms with van der Waals surface area (Å²) < 4.78 is 23.3. The predicted molar refractivity (Wildman–Crippen MR) is 72.9 cm³/mol. The number of hydrogen-bond acceptors (Lipinski definition) is 4. The van der Waals surface area contributed by atoms with Crippen LogP contribution in [0.25, 0.3) is 0 Å². The average molecular weight is 275 g/mol. The number of carbonyl (C=O) groups excluding carboxylic acids is 1. The van der Waals surface area contributed by atoms with Crippen molar-refractivity contribution in [3.05, 3.63) is 59.4 Å². The lowest BCUT2D eigenvalue weighted by atomic mass is 10.1. The van der Waals surface area contributed by atoms with Crippen LogP contribution in [-0.4, -0.2) is 13.1 Å². The van der Waals surface area contributed by atoms with Gasteiger partial charge in [0.2, 0.25) is 0 Å². The Labute approximate surface area is 115 Å². The molecule has 0 aromatic heterocycles. The topological polar surface area (TPSA) is 61.5 Å². The second-order valence-corrected chi connectivity index (χ2v) is 4.13. The van der Waals surface area contributed by atoms with E-state index in [1.54, 1.807) is 30.3 Å². The molecule has 2 rings (SSSR count). The number of halogens is 1. The van der Waals surface area contributed by atoms with Gasteiger partial charge in [-0.15, -0.1) is 0 Å². The molecule has 5 heteroatoms. The van der Waals surface area contributed by atoms with Gasteiger partial charge in [-0.25, -0.2) is 9.18 Å². The van der Waals surface area contributed by atoms with E-state index in [0.29, 0.717) is 11.3 Å². The molecule has 0 spiro atoms. The highest BCUT2D eigenvalue weighted by molar-refractivity contribution is 5.98. The van der Waals surface area contributed by atoms with Crippen LogP contribution in [0.5, 0.6) is 5.75 Å². The molecule has 2 aromatic carbocycles. The minimum atomic E-state index is -0.572. The van der Waals surface area contributed by atoms with Gasteiger partial charge in [-0.1, -0.05) is 18.2 Å². The Morgan fingerprint density at radius 2 is 2.00 bits per heavy atom. The van der Waals surface area contributed by atoms with E-state index < -0.39 is 5.97 Å². The standard InChI is InChI=1S/C15H14FNO3/c1-19-15(18)14-12(17)6-3-7-13(14)20-9-10-4-2-5-11(16)8-10/h2-8H,9,17H2,1H3. The van der Waals surface area contributed by atoms with E-state index in [1.165, 1.54) is 19.2 Å². The van der Waals surface area contributed by atoms with Gasteiger partial charge in [0.1, 0.15) is 23.7 Å². The molecule has 104 valence electrons. The van der Waals surface area contributed by atoms with Crippen LogP contribution >= 0.6 is 0 Å². The molecule has 0 atom stereocenters. The predicted octanol–water partition coefficient (Wildman–Crippen LogP) is 2.77. The molecule has 0 aliphatic heterocycles. The molecule has 2 N–H and O–H groups in total. The third-order valence-electron chi connectivity index (χ3n) is 2.73. The van der Waals surface area contributed by atoms with Crippen LogP contribution in [0.1, 0.15) is 15.9 Å². The van der Waals surface area contributed by atoms with Gasteiger partial charge < -0.3 is 15.2 Å². The van der Waals surface area contributed by atoms with Crippen molar-refractivity contribution >= 4 is 11.7 Å². The molecule has 0 saturated heterocycles. The lowest BCUT2D eigenvalue weighted by Gasteiger charge is -2.12. The average Bonchev–Trinajstić information content (AvgIpc) is 2.44. The fourth-order valence-corrected chi connectivity index (χ4v) is 1.78. The minimum Gasteiger partial charge on any atom is -0.488 e. The number of methoxy groups -OCH3 is 1. The maximum Gasteiger partial charge on any atom is 0.343 e. The summed E-state index contributed by atoms with van der Waals surface area (Å²) >= 11 is 0. The second-order valence-electron chi connectivity index (χ2n) is 4.13. The highest BCUT2D eigenvalue weighted by Gasteiger charge is 2.16. The van der Waals surface area contributed by atoms with Crippen molar-refractivity contribution in [1.29, 1.82) is 0 Å². The summed E-state index contributed by atoms with van der Waals surface area (Å²) in [7, 11) is 1.27. The Morgan fingerprint density at radius 1 is 1.25 bits per heavy atom. The van der Waals surface area contributed by atoms with Gasteiger partial charge in [0.25, 0.3) is 0 Å². The summed E-state index contributed by atoms with van der Waals surface area (Å²) in [6.45, 7) is 0.130. The minimum absolute atomic E-state index is 0.130. The third kappa shape index (κ3) is 3.06. The van der Waals surface area contributed by atoms with Gasteiger partial charge in [0.15, 0.2) is 0 Å². The van der Waals surface area contributed by atoms with Crippen LogP contribution in [-0.2, 0) is 11.3 Å². The molecule has 0 amide bonds. The summed E-state index contributed by atoms with van der Waals surface area (Å²) in [6.07, 6.45) is 0. The number of hydrogen-bond donors (Lipinski definition) is 1. The Balaban J connectivity index is 2.21. The Kier molecular flexibility index (Phi) is 4.20. The van der Waals surface area contributed by atoms with Gasteiger partial charge >= 0.3 is 5.97 Å². The summed E-state index contributed by atoms with van der Waals surface area (Å²) in [5.74, 6) is -0.606. The molecule has 20 heavy (non-hydrogen) atoms. The SMILES string of the molecule is COC(=O)c1c(N)cccc1OCc1cccc(F)c1. The first-order valence-corrected chi connectivity index (χ1v) is 5.96. The molecule has 0 fully saturated rings. The molecule has 0 bridgehead atoms. The number of esters is 1. The first kappa shape index (κ1) is 13.9. The lowest BCUT2D eigenvalue weighted by molar-refractivity contribution is 0.0597. The summed E-state index contributed by atoms with van der Waals surface area (Å²) in [6, 6.07) is 10.9. The van der Waals surface area contributed by atoms with Crippen LogP contribution < -0.4 is 10.5 Å². The van der Waals surface area contributed by atoms with Crippen LogP contribution in [0.4, 0.5) is 10.1 Å². The molecule has 0 radical (unpaired) electrons. The highest BCUT2D eigenvalue weighted by atomic mass is 19.1. The summed E-state index contributed by atoms with van der Waals surface area (Å²) in [5, 5.41) is 0. The monoisotopic (exact) mass is 275 g/mol. The molecular formula is C15H14FNO3. The van der Waals surface area contributed by atoms with Crippen LogP contribution in [0.2, 0.25) is 0 Å². The second kappa shape index (κ2) is 6.06. The van der Waals surface area contributed by atoms with Crippen molar-refractivity contribution in [3.63, 3.8) is 0 Å². The van der Waals surface area contributed by atoms with E-state index in [9.17, 15) is 9.18 Å². The molecule has 0 aliphatic carbocycles. The zero-order valence-electron chi connectivity index (χ0n) is 10.9. The normalized spacial score (nSPS) is 10.1. The van der Waals surface area contributed by atoms with E-state index >= 15 is 0 Å². The third-order valence-corrected chi connectivity index (χ3v) is 2.73. The van der Waals surface area contributed by atoms with E-state index in [-0.39, 0.29) is 23.7 Å². The zero-order valence-corrected chi connectivity index (χ0v) is 10.9. The molecule has 0 saturated carbocycles. The van der Waals surface area contributed by atoms with Gasteiger partial charge in [-0.3, -0.25) is 0 Å². The molecule has 4 nitrogen and oxygen atoms in total. The Hall–Kier alpha value is -2.56. The number of carbonyl (C=O) groups is 1. The fourth-order valence-electron chi connectivity index (χ4n) is 1.78. The first-order chi connectivity index (χ1) is 9.61. The zero-order chi connectivity index (χ0) is 14.5. The van der Waals surface area contributed by atoms with E-state index in [4.69, 9.17) is 10.5 Å². The molecule has 0 unspecified atom stereocenters. The van der Waals surface area contributed by atoms with Crippen molar-refractivity contribution in [2.75, 3.05) is 12.8 Å². The first-order valence-electron chi connectivity index (χ1n) is 5.96. The van der Waals surface area contributed by atoms with Gasteiger partial charge in [-0.05, 0) is 29.8 Å². The van der Waals surface area contributed by atoms with Crippen molar-refractivity contribution < 1.29 is 18.7 Å². The number of anilines is 1. The molecule has 0 heterocycles. The van der Waals surface area contributed by atoms with Gasteiger partial charge in [0, 0.05) is 5.69 Å². The number of rotatable bonds is 4. The quantitative estimate of drug-likeness (QED) is 0.688.